The highest BCUT2D eigenvalue weighted by molar-refractivity contribution is 5.69. The Kier molecular flexibility index (Phi) is 2.64. The van der Waals surface area contributed by atoms with Crippen LogP contribution in [0.25, 0.3) is 17.0 Å². The standard InChI is InChI=1S/C12H9N5O2/c18-11(19)7-10-15-12-14-6-3-9(17(12)16-10)8-1-4-13-5-2-8/h1-6H,7H2,(H,18,19). The average Bonchev–Trinajstić information content (AvgIpc) is 2.80. The van der Waals surface area contributed by atoms with E-state index in [-0.39, 0.29) is 12.2 Å². The lowest BCUT2D eigenvalue weighted by Gasteiger charge is -2.02. The summed E-state index contributed by atoms with van der Waals surface area (Å²) in [4.78, 5) is 22.8. The Morgan fingerprint density at radius 1 is 1.21 bits per heavy atom. The Hall–Kier alpha value is -2.83. The Bertz CT molecular complexity index is 738. The summed E-state index contributed by atoms with van der Waals surface area (Å²) in [6.45, 7) is 0. The molecule has 0 saturated carbocycles. The van der Waals surface area contributed by atoms with E-state index in [1.54, 1.807) is 24.7 Å². The summed E-state index contributed by atoms with van der Waals surface area (Å²) < 4.78 is 1.54. The van der Waals surface area contributed by atoms with Gasteiger partial charge in [0.15, 0.2) is 5.82 Å². The van der Waals surface area contributed by atoms with Crippen molar-refractivity contribution >= 4 is 11.7 Å². The third kappa shape index (κ3) is 2.13. The molecule has 0 aromatic carbocycles. The van der Waals surface area contributed by atoms with Crippen LogP contribution in [-0.4, -0.2) is 35.6 Å². The van der Waals surface area contributed by atoms with Crippen molar-refractivity contribution in [1.82, 2.24) is 24.6 Å². The zero-order chi connectivity index (χ0) is 13.2. The highest BCUT2D eigenvalue weighted by Crippen LogP contribution is 2.17. The number of hydrogen-bond acceptors (Lipinski definition) is 5. The fraction of sp³-hybridized carbons (Fsp3) is 0.0833. The number of aromatic nitrogens is 5. The van der Waals surface area contributed by atoms with Gasteiger partial charge in [0.1, 0.15) is 6.42 Å². The summed E-state index contributed by atoms with van der Waals surface area (Å²) in [6.07, 6.45) is 4.75. The van der Waals surface area contributed by atoms with Gasteiger partial charge in [-0.05, 0) is 18.2 Å². The lowest BCUT2D eigenvalue weighted by molar-refractivity contribution is -0.136. The van der Waals surface area contributed by atoms with E-state index in [1.165, 1.54) is 4.52 Å². The summed E-state index contributed by atoms with van der Waals surface area (Å²) in [7, 11) is 0. The maximum absolute atomic E-state index is 10.7. The van der Waals surface area contributed by atoms with E-state index >= 15 is 0 Å². The van der Waals surface area contributed by atoms with E-state index in [0.717, 1.165) is 11.3 Å². The molecule has 19 heavy (non-hydrogen) atoms. The molecule has 94 valence electrons. The molecule has 1 N–H and O–H groups in total. The molecule has 0 radical (unpaired) electrons. The van der Waals surface area contributed by atoms with Gasteiger partial charge in [-0.2, -0.15) is 9.50 Å². The zero-order valence-corrected chi connectivity index (χ0v) is 9.76. The second-order valence-corrected chi connectivity index (χ2v) is 3.88. The van der Waals surface area contributed by atoms with Gasteiger partial charge in [0, 0.05) is 24.2 Å². The van der Waals surface area contributed by atoms with E-state index in [4.69, 9.17) is 5.11 Å². The van der Waals surface area contributed by atoms with Crippen molar-refractivity contribution in [2.24, 2.45) is 0 Å². The van der Waals surface area contributed by atoms with Crippen LogP contribution in [0.5, 0.6) is 0 Å². The van der Waals surface area contributed by atoms with Crippen LogP contribution in [-0.2, 0) is 11.2 Å². The highest BCUT2D eigenvalue weighted by Gasteiger charge is 2.11. The minimum atomic E-state index is -0.971. The molecular formula is C12H9N5O2. The first-order valence-electron chi connectivity index (χ1n) is 5.57. The Balaban J connectivity index is 2.15. The van der Waals surface area contributed by atoms with Gasteiger partial charge in [-0.25, -0.2) is 4.98 Å². The molecule has 3 aromatic rings. The number of carbonyl (C=O) groups is 1. The summed E-state index contributed by atoms with van der Waals surface area (Å²) in [5.74, 6) is -0.353. The fourth-order valence-corrected chi connectivity index (χ4v) is 1.79. The third-order valence-electron chi connectivity index (χ3n) is 2.57. The molecule has 0 spiro atoms. The smallest absolute Gasteiger partial charge is 0.311 e. The number of carboxylic acid groups (broad SMARTS) is 1. The first-order chi connectivity index (χ1) is 9.24. The van der Waals surface area contributed by atoms with Crippen LogP contribution in [0.3, 0.4) is 0 Å². The minimum absolute atomic E-state index is 0.223. The van der Waals surface area contributed by atoms with Crippen molar-refractivity contribution in [3.05, 3.63) is 42.6 Å². The normalized spacial score (nSPS) is 10.7. The molecule has 0 amide bonds. The second-order valence-electron chi connectivity index (χ2n) is 3.88. The molecule has 0 unspecified atom stereocenters. The molecule has 0 fully saturated rings. The van der Waals surface area contributed by atoms with Gasteiger partial charge < -0.3 is 5.11 Å². The van der Waals surface area contributed by atoms with Gasteiger partial charge in [0.25, 0.3) is 5.78 Å². The van der Waals surface area contributed by atoms with E-state index in [9.17, 15) is 4.79 Å². The van der Waals surface area contributed by atoms with Crippen molar-refractivity contribution < 1.29 is 9.90 Å². The molecule has 0 aliphatic heterocycles. The van der Waals surface area contributed by atoms with Gasteiger partial charge in [0.05, 0.1) is 5.69 Å². The van der Waals surface area contributed by atoms with E-state index < -0.39 is 5.97 Å². The monoisotopic (exact) mass is 255 g/mol. The summed E-state index contributed by atoms with van der Waals surface area (Å²) in [5.41, 5.74) is 1.70. The number of aliphatic carboxylic acids is 1. The van der Waals surface area contributed by atoms with E-state index in [2.05, 4.69) is 20.1 Å². The molecule has 3 heterocycles. The predicted octanol–water partition coefficient (Wildman–Crippen LogP) is 0.813. The van der Waals surface area contributed by atoms with Gasteiger partial charge in [-0.3, -0.25) is 9.78 Å². The first-order valence-corrected chi connectivity index (χ1v) is 5.57. The van der Waals surface area contributed by atoms with Crippen LogP contribution in [0.2, 0.25) is 0 Å². The number of nitrogens with zero attached hydrogens (tertiary/aromatic N) is 5. The maximum Gasteiger partial charge on any atom is 0.311 e. The molecular weight excluding hydrogens is 246 g/mol. The third-order valence-corrected chi connectivity index (χ3v) is 2.57. The topological polar surface area (TPSA) is 93.3 Å². The zero-order valence-electron chi connectivity index (χ0n) is 9.76. The van der Waals surface area contributed by atoms with Crippen LogP contribution in [0.4, 0.5) is 0 Å². The Labute approximate surface area is 107 Å². The van der Waals surface area contributed by atoms with Crippen LogP contribution in [0.1, 0.15) is 5.82 Å². The number of rotatable bonds is 3. The van der Waals surface area contributed by atoms with Crippen LogP contribution >= 0.6 is 0 Å². The van der Waals surface area contributed by atoms with Gasteiger partial charge in [-0.1, -0.05) is 0 Å². The van der Waals surface area contributed by atoms with Gasteiger partial charge in [-0.15, -0.1) is 5.10 Å². The molecule has 7 heteroatoms. The molecule has 0 aliphatic carbocycles. The van der Waals surface area contributed by atoms with Crippen LogP contribution in [0, 0.1) is 0 Å². The summed E-state index contributed by atoms with van der Waals surface area (Å²) >= 11 is 0. The minimum Gasteiger partial charge on any atom is -0.481 e. The lowest BCUT2D eigenvalue weighted by Crippen LogP contribution is -2.02. The van der Waals surface area contributed by atoms with E-state index in [1.807, 2.05) is 12.1 Å². The molecule has 3 rings (SSSR count). The molecule has 7 nitrogen and oxygen atoms in total. The Morgan fingerprint density at radius 2 is 2.00 bits per heavy atom. The molecule has 0 atom stereocenters. The molecule has 3 aromatic heterocycles. The Morgan fingerprint density at radius 3 is 2.74 bits per heavy atom. The van der Waals surface area contributed by atoms with Gasteiger partial charge in [0.2, 0.25) is 0 Å². The fourth-order valence-electron chi connectivity index (χ4n) is 1.79. The highest BCUT2D eigenvalue weighted by atomic mass is 16.4. The average molecular weight is 255 g/mol. The summed E-state index contributed by atoms with van der Waals surface area (Å²) in [6, 6.07) is 5.47. The van der Waals surface area contributed by atoms with Crippen LogP contribution < -0.4 is 0 Å². The summed E-state index contributed by atoms with van der Waals surface area (Å²) in [5, 5.41) is 12.9. The molecule has 0 aliphatic rings. The van der Waals surface area contributed by atoms with Crippen LogP contribution in [0.15, 0.2) is 36.8 Å². The maximum atomic E-state index is 10.7. The first kappa shape index (κ1) is 11.3. The van der Waals surface area contributed by atoms with Crippen molar-refractivity contribution in [2.45, 2.75) is 6.42 Å². The largest absolute Gasteiger partial charge is 0.481 e. The SMILES string of the molecule is O=C(O)Cc1nc2nccc(-c3ccncc3)n2n1. The lowest BCUT2D eigenvalue weighted by atomic mass is 10.2. The number of hydrogen-bond donors (Lipinski definition) is 1. The van der Waals surface area contributed by atoms with Crippen molar-refractivity contribution in [3.63, 3.8) is 0 Å². The molecule has 0 bridgehead atoms. The second kappa shape index (κ2) is 4.45. The van der Waals surface area contributed by atoms with Crippen molar-refractivity contribution in [3.8, 4) is 11.3 Å². The van der Waals surface area contributed by atoms with Gasteiger partial charge >= 0.3 is 5.97 Å². The number of pyridine rings is 1. The quantitative estimate of drug-likeness (QED) is 0.744. The van der Waals surface area contributed by atoms with E-state index in [0.29, 0.717) is 5.78 Å². The molecule has 0 saturated heterocycles. The van der Waals surface area contributed by atoms with Crippen molar-refractivity contribution in [1.29, 1.82) is 0 Å². The number of carboxylic acids is 1. The predicted molar refractivity (Wildman–Crippen MR) is 65.4 cm³/mol. The van der Waals surface area contributed by atoms with Crippen molar-refractivity contribution in [2.75, 3.05) is 0 Å². The number of fused-ring (bicyclic) bond motifs is 1.